The molecule has 0 unspecified atom stereocenters. The summed E-state index contributed by atoms with van der Waals surface area (Å²) in [4.78, 5) is 10.2. The first kappa shape index (κ1) is 10.5. The Morgan fingerprint density at radius 3 is 2.43 bits per heavy atom. The minimum absolute atomic E-state index is 0.0313. The van der Waals surface area contributed by atoms with Crippen molar-refractivity contribution in [3.05, 3.63) is 29.6 Å². The lowest BCUT2D eigenvalue weighted by Gasteiger charge is -2.10. The van der Waals surface area contributed by atoms with Crippen LogP contribution in [0.25, 0.3) is 0 Å². The monoisotopic (exact) mass is 208 g/mol. The quantitative estimate of drug-likeness (QED) is 0.551. The van der Waals surface area contributed by atoms with E-state index in [0.29, 0.717) is 0 Å². The van der Waals surface area contributed by atoms with Gasteiger partial charge in [0.2, 0.25) is 0 Å². The molecule has 0 heterocycles. The van der Waals surface area contributed by atoms with Gasteiger partial charge in [-0.1, -0.05) is 6.07 Å². The molecule has 14 heavy (non-hydrogen) atoms. The number of ether oxygens (including phenoxy) is 1. The van der Waals surface area contributed by atoms with E-state index in [-0.39, 0.29) is 6.29 Å². The van der Waals surface area contributed by atoms with Crippen LogP contribution in [0.5, 0.6) is 5.75 Å². The van der Waals surface area contributed by atoms with Crippen molar-refractivity contribution >= 4 is 6.29 Å². The summed E-state index contributed by atoms with van der Waals surface area (Å²) in [7, 11) is 0. The third kappa shape index (κ3) is 2.45. The highest BCUT2D eigenvalue weighted by molar-refractivity contribution is 5.79. The van der Waals surface area contributed by atoms with Crippen LogP contribution in [0.3, 0.4) is 0 Å². The van der Waals surface area contributed by atoms with Crippen molar-refractivity contribution in [3.63, 3.8) is 0 Å². The Kier molecular flexibility index (Phi) is 2.73. The third-order valence-electron chi connectivity index (χ3n) is 1.36. The fraction of sp³-hybridized carbons (Fsp3) is 0.125. The summed E-state index contributed by atoms with van der Waals surface area (Å²) in [6.07, 6.45) is -4.97. The highest BCUT2D eigenvalue weighted by Gasteiger charge is 2.32. The van der Waals surface area contributed by atoms with Crippen LogP contribution in [-0.2, 0) is 0 Å². The lowest BCUT2D eigenvalue weighted by atomic mass is 10.2. The van der Waals surface area contributed by atoms with E-state index in [1.165, 1.54) is 0 Å². The molecule has 0 aromatic heterocycles. The number of benzene rings is 1. The largest absolute Gasteiger partial charge is 0.573 e. The number of aldehydes is 1. The Bertz CT molecular complexity index is 346. The van der Waals surface area contributed by atoms with E-state index in [0.717, 1.165) is 18.2 Å². The fourth-order valence-corrected chi connectivity index (χ4v) is 0.845. The summed E-state index contributed by atoms with van der Waals surface area (Å²) in [5, 5.41) is 0. The number of halogens is 4. The van der Waals surface area contributed by atoms with Gasteiger partial charge in [0.25, 0.3) is 0 Å². The number of hydrogen-bond donors (Lipinski definition) is 0. The molecule has 1 rings (SSSR count). The van der Waals surface area contributed by atoms with E-state index in [1.54, 1.807) is 0 Å². The molecule has 0 N–H and O–H groups in total. The second-order valence-electron chi connectivity index (χ2n) is 2.32. The number of alkyl halides is 3. The normalized spacial score (nSPS) is 11.1. The number of carbonyl (C=O) groups is 1. The van der Waals surface area contributed by atoms with Gasteiger partial charge in [-0.05, 0) is 12.1 Å². The Morgan fingerprint density at radius 2 is 1.93 bits per heavy atom. The van der Waals surface area contributed by atoms with E-state index >= 15 is 0 Å². The molecule has 1 aromatic rings. The standard InChI is InChI=1S/C8H4F4O2/c9-6-2-1-3-7(5(6)4-13)14-8(10,11)12/h1-4H. The van der Waals surface area contributed by atoms with E-state index in [4.69, 9.17) is 0 Å². The fourth-order valence-electron chi connectivity index (χ4n) is 0.845. The van der Waals surface area contributed by atoms with Gasteiger partial charge in [-0.3, -0.25) is 4.79 Å². The van der Waals surface area contributed by atoms with Crippen molar-refractivity contribution < 1.29 is 27.1 Å². The van der Waals surface area contributed by atoms with Crippen LogP contribution in [0.15, 0.2) is 18.2 Å². The van der Waals surface area contributed by atoms with Crippen LogP contribution in [0.2, 0.25) is 0 Å². The molecule has 1 aromatic carbocycles. The summed E-state index contributed by atoms with van der Waals surface area (Å²) in [6.45, 7) is 0. The minimum atomic E-state index is -4.94. The van der Waals surface area contributed by atoms with Crippen LogP contribution < -0.4 is 4.74 Å². The molecule has 0 spiro atoms. The zero-order chi connectivity index (χ0) is 10.8. The summed E-state index contributed by atoms with van der Waals surface area (Å²) in [5.41, 5.74) is -0.746. The van der Waals surface area contributed by atoms with Crippen LogP contribution in [0, 0.1) is 5.82 Å². The molecule has 6 heteroatoms. The maximum Gasteiger partial charge on any atom is 0.573 e. The summed E-state index contributed by atoms with van der Waals surface area (Å²) in [6, 6.07) is 2.75. The average molecular weight is 208 g/mol. The van der Waals surface area contributed by atoms with Gasteiger partial charge < -0.3 is 4.74 Å². The van der Waals surface area contributed by atoms with Crippen molar-refractivity contribution in [3.8, 4) is 5.75 Å². The van der Waals surface area contributed by atoms with Gasteiger partial charge in [0.1, 0.15) is 11.6 Å². The molecule has 2 nitrogen and oxygen atoms in total. The molecule has 0 aliphatic carbocycles. The van der Waals surface area contributed by atoms with Crippen molar-refractivity contribution in [2.75, 3.05) is 0 Å². The zero-order valence-electron chi connectivity index (χ0n) is 6.64. The molecular formula is C8H4F4O2. The highest BCUT2D eigenvalue weighted by Crippen LogP contribution is 2.26. The molecule has 0 aliphatic rings. The average Bonchev–Trinajstić information content (AvgIpc) is 2.01. The predicted molar refractivity (Wildman–Crippen MR) is 38.5 cm³/mol. The molecule has 0 saturated carbocycles. The van der Waals surface area contributed by atoms with Gasteiger partial charge in [-0.15, -0.1) is 13.2 Å². The van der Waals surface area contributed by atoms with Crippen molar-refractivity contribution in [1.29, 1.82) is 0 Å². The number of hydrogen-bond acceptors (Lipinski definition) is 2. The van der Waals surface area contributed by atoms with Gasteiger partial charge >= 0.3 is 6.36 Å². The van der Waals surface area contributed by atoms with E-state index < -0.39 is 23.5 Å². The minimum Gasteiger partial charge on any atom is -0.405 e. The summed E-state index contributed by atoms with van der Waals surface area (Å²) < 4.78 is 51.4. The maximum absolute atomic E-state index is 12.7. The van der Waals surface area contributed by atoms with Crippen molar-refractivity contribution in [2.45, 2.75) is 6.36 Å². The maximum atomic E-state index is 12.7. The molecule has 0 saturated heterocycles. The summed E-state index contributed by atoms with van der Waals surface area (Å²) in [5.74, 6) is -1.89. The number of rotatable bonds is 2. The summed E-state index contributed by atoms with van der Waals surface area (Å²) >= 11 is 0. The Labute approximate surface area is 76.1 Å². The smallest absolute Gasteiger partial charge is 0.405 e. The zero-order valence-corrected chi connectivity index (χ0v) is 6.64. The van der Waals surface area contributed by atoms with E-state index in [1.807, 2.05) is 0 Å². The topological polar surface area (TPSA) is 26.3 Å². The van der Waals surface area contributed by atoms with Gasteiger partial charge in [-0.25, -0.2) is 4.39 Å². The molecule has 0 atom stereocenters. The SMILES string of the molecule is O=Cc1c(F)cccc1OC(F)(F)F. The lowest BCUT2D eigenvalue weighted by Crippen LogP contribution is -2.18. The Balaban J connectivity index is 3.08. The highest BCUT2D eigenvalue weighted by atomic mass is 19.4. The van der Waals surface area contributed by atoms with E-state index in [9.17, 15) is 22.4 Å². The Morgan fingerprint density at radius 1 is 1.29 bits per heavy atom. The molecule has 0 aliphatic heterocycles. The molecule has 76 valence electrons. The molecule has 0 radical (unpaired) electrons. The molecular weight excluding hydrogens is 204 g/mol. The second kappa shape index (κ2) is 3.65. The van der Waals surface area contributed by atoms with Crippen LogP contribution in [-0.4, -0.2) is 12.6 Å². The molecule has 0 amide bonds. The Hall–Kier alpha value is -1.59. The first-order valence-corrected chi connectivity index (χ1v) is 3.43. The first-order valence-electron chi connectivity index (χ1n) is 3.43. The van der Waals surface area contributed by atoms with Crippen LogP contribution in [0.1, 0.15) is 10.4 Å². The van der Waals surface area contributed by atoms with Crippen molar-refractivity contribution in [1.82, 2.24) is 0 Å². The predicted octanol–water partition coefficient (Wildman–Crippen LogP) is 2.54. The van der Waals surface area contributed by atoms with Gasteiger partial charge in [0.05, 0.1) is 5.56 Å². The number of carbonyl (C=O) groups excluding carboxylic acids is 1. The lowest BCUT2D eigenvalue weighted by molar-refractivity contribution is -0.274. The van der Waals surface area contributed by atoms with E-state index in [2.05, 4.69) is 4.74 Å². The van der Waals surface area contributed by atoms with Gasteiger partial charge in [0.15, 0.2) is 6.29 Å². The van der Waals surface area contributed by atoms with Gasteiger partial charge in [-0.2, -0.15) is 0 Å². The molecule has 0 fully saturated rings. The van der Waals surface area contributed by atoms with Crippen LogP contribution >= 0.6 is 0 Å². The van der Waals surface area contributed by atoms with Crippen molar-refractivity contribution in [2.24, 2.45) is 0 Å². The third-order valence-corrected chi connectivity index (χ3v) is 1.36. The molecule has 0 bridgehead atoms. The van der Waals surface area contributed by atoms with Gasteiger partial charge in [0, 0.05) is 0 Å². The van der Waals surface area contributed by atoms with Crippen LogP contribution in [0.4, 0.5) is 17.6 Å². The second-order valence-corrected chi connectivity index (χ2v) is 2.32. The first-order chi connectivity index (χ1) is 6.44.